The standard InChI is InChI=1S/C14H16FNO2/c15-11-4-3-10(7-12(11)16)14(17)18-13-6-8-1-2-9(13)5-8/h3-4,7-9,13H,1-2,5-6,16H2. The summed E-state index contributed by atoms with van der Waals surface area (Å²) in [4.78, 5) is 11.9. The Bertz CT molecular complexity index is 489. The maximum atomic E-state index is 13.0. The minimum atomic E-state index is -0.508. The highest BCUT2D eigenvalue weighted by atomic mass is 19.1. The number of nitrogen functional groups attached to an aromatic ring is 1. The highest BCUT2D eigenvalue weighted by molar-refractivity contribution is 5.90. The van der Waals surface area contributed by atoms with Crippen LogP contribution in [0, 0.1) is 17.7 Å². The van der Waals surface area contributed by atoms with Gasteiger partial charge in [0.25, 0.3) is 0 Å². The van der Waals surface area contributed by atoms with Crippen LogP contribution in [0.2, 0.25) is 0 Å². The Kier molecular flexibility index (Phi) is 2.73. The molecule has 2 aliphatic rings. The summed E-state index contributed by atoms with van der Waals surface area (Å²) in [5.41, 5.74) is 5.76. The normalized spacial score (nSPS) is 29.5. The Morgan fingerprint density at radius 1 is 1.33 bits per heavy atom. The van der Waals surface area contributed by atoms with Crippen LogP contribution in [0.1, 0.15) is 36.0 Å². The Morgan fingerprint density at radius 3 is 2.78 bits per heavy atom. The summed E-state index contributed by atoms with van der Waals surface area (Å²) in [6.07, 6.45) is 4.63. The van der Waals surface area contributed by atoms with Crippen molar-refractivity contribution in [2.45, 2.75) is 31.8 Å². The van der Waals surface area contributed by atoms with Crippen molar-refractivity contribution in [2.75, 3.05) is 5.73 Å². The second-order valence-electron chi connectivity index (χ2n) is 5.35. The van der Waals surface area contributed by atoms with E-state index in [0.29, 0.717) is 11.5 Å². The molecule has 4 heteroatoms. The van der Waals surface area contributed by atoms with E-state index in [9.17, 15) is 9.18 Å². The van der Waals surface area contributed by atoms with Gasteiger partial charge in [0, 0.05) is 0 Å². The van der Waals surface area contributed by atoms with Crippen LogP contribution in [0.4, 0.5) is 10.1 Å². The number of esters is 1. The van der Waals surface area contributed by atoms with Crippen molar-refractivity contribution in [3.05, 3.63) is 29.6 Å². The average Bonchev–Trinajstić information content (AvgIpc) is 2.94. The van der Waals surface area contributed by atoms with Crippen molar-refractivity contribution < 1.29 is 13.9 Å². The summed E-state index contributed by atoms with van der Waals surface area (Å²) in [5.74, 6) is 0.355. The lowest BCUT2D eigenvalue weighted by Gasteiger charge is -2.21. The molecule has 2 bridgehead atoms. The van der Waals surface area contributed by atoms with Crippen molar-refractivity contribution in [2.24, 2.45) is 11.8 Å². The lowest BCUT2D eigenvalue weighted by molar-refractivity contribution is 0.0158. The first-order valence-electron chi connectivity index (χ1n) is 6.39. The maximum Gasteiger partial charge on any atom is 0.338 e. The van der Waals surface area contributed by atoms with Crippen LogP contribution in [0.25, 0.3) is 0 Å². The van der Waals surface area contributed by atoms with Crippen molar-refractivity contribution in [3.8, 4) is 0 Å². The second-order valence-corrected chi connectivity index (χ2v) is 5.35. The molecule has 1 aromatic rings. The first-order valence-corrected chi connectivity index (χ1v) is 6.39. The number of rotatable bonds is 2. The van der Waals surface area contributed by atoms with Gasteiger partial charge in [0.05, 0.1) is 11.3 Å². The molecule has 2 saturated carbocycles. The van der Waals surface area contributed by atoms with Crippen molar-refractivity contribution in [1.82, 2.24) is 0 Å². The number of ether oxygens (including phenoxy) is 1. The molecule has 0 heterocycles. The largest absolute Gasteiger partial charge is 0.458 e. The van der Waals surface area contributed by atoms with Gasteiger partial charge in [-0.3, -0.25) is 0 Å². The van der Waals surface area contributed by atoms with Crippen LogP contribution >= 0.6 is 0 Å². The molecule has 0 amide bonds. The highest BCUT2D eigenvalue weighted by Crippen LogP contribution is 2.46. The number of fused-ring (bicyclic) bond motifs is 2. The topological polar surface area (TPSA) is 52.3 Å². The van der Waals surface area contributed by atoms with E-state index < -0.39 is 5.82 Å². The molecule has 3 atom stereocenters. The fourth-order valence-corrected chi connectivity index (χ4v) is 3.21. The van der Waals surface area contributed by atoms with Gasteiger partial charge < -0.3 is 10.5 Å². The summed E-state index contributed by atoms with van der Waals surface area (Å²) in [7, 11) is 0. The number of benzene rings is 1. The molecular formula is C14H16FNO2. The summed E-state index contributed by atoms with van der Waals surface area (Å²) in [6, 6.07) is 3.96. The third-order valence-electron chi connectivity index (χ3n) is 4.16. The van der Waals surface area contributed by atoms with Gasteiger partial charge >= 0.3 is 5.97 Å². The third-order valence-corrected chi connectivity index (χ3v) is 4.16. The third kappa shape index (κ3) is 1.96. The molecule has 2 fully saturated rings. The van der Waals surface area contributed by atoms with Gasteiger partial charge in [-0.25, -0.2) is 9.18 Å². The van der Waals surface area contributed by atoms with Gasteiger partial charge in [-0.1, -0.05) is 0 Å². The molecule has 3 unspecified atom stereocenters. The van der Waals surface area contributed by atoms with E-state index in [0.717, 1.165) is 18.8 Å². The zero-order valence-electron chi connectivity index (χ0n) is 10.1. The van der Waals surface area contributed by atoms with Crippen LogP contribution in [-0.4, -0.2) is 12.1 Å². The summed E-state index contributed by atoms with van der Waals surface area (Å²) >= 11 is 0. The van der Waals surface area contributed by atoms with Gasteiger partial charge in [-0.15, -0.1) is 0 Å². The minimum absolute atomic E-state index is 0.0163. The fourth-order valence-electron chi connectivity index (χ4n) is 3.21. The van der Waals surface area contributed by atoms with Gasteiger partial charge in [-0.05, 0) is 55.7 Å². The summed E-state index contributed by atoms with van der Waals surface area (Å²) < 4.78 is 18.5. The van der Waals surface area contributed by atoms with E-state index in [1.54, 1.807) is 0 Å². The average molecular weight is 249 g/mol. The molecule has 96 valence electrons. The van der Waals surface area contributed by atoms with Gasteiger partial charge in [0.15, 0.2) is 0 Å². The van der Waals surface area contributed by atoms with E-state index in [-0.39, 0.29) is 17.8 Å². The highest BCUT2D eigenvalue weighted by Gasteiger charge is 2.41. The lowest BCUT2D eigenvalue weighted by Crippen LogP contribution is -2.24. The van der Waals surface area contributed by atoms with Gasteiger partial charge in [-0.2, -0.15) is 0 Å². The Balaban J connectivity index is 1.69. The first kappa shape index (κ1) is 11.5. The zero-order chi connectivity index (χ0) is 12.7. The lowest BCUT2D eigenvalue weighted by atomic mass is 9.98. The molecule has 1 aromatic carbocycles. The predicted octanol–water partition coefficient (Wildman–Crippen LogP) is 2.75. The number of anilines is 1. The van der Waals surface area contributed by atoms with Gasteiger partial charge in [0.1, 0.15) is 11.9 Å². The van der Waals surface area contributed by atoms with E-state index in [2.05, 4.69) is 0 Å². The fraction of sp³-hybridized carbons (Fsp3) is 0.500. The molecule has 2 aliphatic carbocycles. The van der Waals surface area contributed by atoms with Crippen LogP contribution in [-0.2, 0) is 4.74 Å². The zero-order valence-corrected chi connectivity index (χ0v) is 10.1. The molecule has 0 saturated heterocycles. The van der Waals surface area contributed by atoms with Crippen LogP contribution in [0.5, 0.6) is 0 Å². The number of halogens is 1. The smallest absolute Gasteiger partial charge is 0.338 e. The Labute approximate surface area is 105 Å². The number of hydrogen-bond acceptors (Lipinski definition) is 3. The molecule has 0 aromatic heterocycles. The maximum absolute atomic E-state index is 13.0. The summed E-state index contributed by atoms with van der Waals surface area (Å²) in [5, 5.41) is 0. The Morgan fingerprint density at radius 2 is 2.17 bits per heavy atom. The van der Waals surface area contributed by atoms with Crippen LogP contribution < -0.4 is 5.73 Å². The molecule has 3 rings (SSSR count). The van der Waals surface area contributed by atoms with Gasteiger partial charge in [0.2, 0.25) is 0 Å². The molecule has 0 radical (unpaired) electrons. The minimum Gasteiger partial charge on any atom is -0.458 e. The quantitative estimate of drug-likeness (QED) is 0.647. The predicted molar refractivity (Wildman–Crippen MR) is 65.5 cm³/mol. The second kappa shape index (κ2) is 4.26. The van der Waals surface area contributed by atoms with E-state index >= 15 is 0 Å². The molecule has 2 N–H and O–H groups in total. The molecule has 0 spiro atoms. The van der Waals surface area contributed by atoms with Crippen LogP contribution in [0.3, 0.4) is 0 Å². The van der Waals surface area contributed by atoms with E-state index in [1.165, 1.54) is 31.0 Å². The number of carbonyl (C=O) groups excluding carboxylic acids is 1. The monoisotopic (exact) mass is 249 g/mol. The van der Waals surface area contributed by atoms with Crippen molar-refractivity contribution >= 4 is 11.7 Å². The molecular weight excluding hydrogens is 233 g/mol. The molecule has 0 aliphatic heterocycles. The molecule has 3 nitrogen and oxygen atoms in total. The number of nitrogens with two attached hydrogens (primary N) is 1. The summed E-state index contributed by atoms with van der Waals surface area (Å²) in [6.45, 7) is 0. The van der Waals surface area contributed by atoms with E-state index in [1.807, 2.05) is 0 Å². The molecule has 18 heavy (non-hydrogen) atoms. The van der Waals surface area contributed by atoms with Crippen molar-refractivity contribution in [1.29, 1.82) is 0 Å². The first-order chi connectivity index (χ1) is 8.63. The van der Waals surface area contributed by atoms with Crippen molar-refractivity contribution in [3.63, 3.8) is 0 Å². The number of hydrogen-bond donors (Lipinski definition) is 1. The van der Waals surface area contributed by atoms with E-state index in [4.69, 9.17) is 10.5 Å². The van der Waals surface area contributed by atoms with Crippen LogP contribution in [0.15, 0.2) is 18.2 Å². The Hall–Kier alpha value is -1.58. The number of carbonyl (C=O) groups is 1. The SMILES string of the molecule is Nc1cc(C(=O)OC2CC3CCC2C3)ccc1F.